The summed E-state index contributed by atoms with van der Waals surface area (Å²) < 4.78 is 80.9. The molecular weight excluding hydrogens is 440 g/mol. The normalized spacial score (nSPS) is 18.3. The number of hydrogen-bond acceptors (Lipinski definition) is 4. The highest BCUT2D eigenvalue weighted by molar-refractivity contribution is 7.89. The molecule has 1 aliphatic rings. The van der Waals surface area contributed by atoms with Crippen LogP contribution < -0.4 is 10.0 Å². The molecule has 2 aromatic rings. The van der Waals surface area contributed by atoms with Crippen molar-refractivity contribution in [1.82, 2.24) is 4.72 Å². The third-order valence-corrected chi connectivity index (χ3v) is 5.99. The van der Waals surface area contributed by atoms with Gasteiger partial charge >= 0.3 is 0 Å². The van der Waals surface area contributed by atoms with Crippen LogP contribution in [0.4, 0.5) is 23.2 Å². The third kappa shape index (κ3) is 6.02. The van der Waals surface area contributed by atoms with Gasteiger partial charge in [0.05, 0.1) is 6.10 Å². The van der Waals surface area contributed by atoms with Gasteiger partial charge in [-0.1, -0.05) is 13.8 Å². The lowest BCUT2D eigenvalue weighted by Crippen LogP contribution is -2.34. The van der Waals surface area contributed by atoms with Crippen molar-refractivity contribution in [2.45, 2.75) is 50.2 Å². The molecule has 0 heterocycles. The summed E-state index contributed by atoms with van der Waals surface area (Å²) in [5.41, 5.74) is -0.707. The number of anilines is 1. The van der Waals surface area contributed by atoms with Crippen LogP contribution >= 0.6 is 0 Å². The van der Waals surface area contributed by atoms with Gasteiger partial charge in [0.15, 0.2) is 17.5 Å². The van der Waals surface area contributed by atoms with Crippen LogP contribution in [0.3, 0.4) is 0 Å². The molecule has 6 nitrogen and oxygen atoms in total. The van der Waals surface area contributed by atoms with E-state index in [0.29, 0.717) is 25.0 Å². The highest BCUT2D eigenvalue weighted by Gasteiger charge is 2.29. The number of aliphatic hydroxyl groups excluding tert-OH is 1. The molecule has 2 aromatic carbocycles. The van der Waals surface area contributed by atoms with Crippen molar-refractivity contribution >= 4 is 21.6 Å². The Labute approximate surface area is 177 Å². The molecule has 11 heteroatoms. The minimum absolute atomic E-state index is 0.183. The van der Waals surface area contributed by atoms with E-state index in [4.69, 9.17) is 0 Å². The highest BCUT2D eigenvalue weighted by Crippen LogP contribution is 2.24. The number of amides is 1. The summed E-state index contributed by atoms with van der Waals surface area (Å²) in [5.74, 6) is -6.84. The molecule has 0 aliphatic heterocycles. The number of halogens is 4. The van der Waals surface area contributed by atoms with E-state index in [1.807, 2.05) is 13.8 Å². The van der Waals surface area contributed by atoms with Crippen LogP contribution in [0.15, 0.2) is 35.2 Å². The number of nitrogens with one attached hydrogen (secondary N) is 2. The van der Waals surface area contributed by atoms with Crippen LogP contribution in [0.2, 0.25) is 0 Å². The molecule has 3 N–H and O–H groups in total. The van der Waals surface area contributed by atoms with E-state index in [1.165, 1.54) is 0 Å². The molecule has 31 heavy (non-hydrogen) atoms. The molecule has 0 saturated heterocycles. The van der Waals surface area contributed by atoms with E-state index in [-0.39, 0.29) is 12.0 Å². The number of carbonyl (C=O) groups excluding carboxylic acids is 1. The van der Waals surface area contributed by atoms with Crippen LogP contribution in [0.1, 0.15) is 43.5 Å². The van der Waals surface area contributed by atoms with Gasteiger partial charge in [-0.15, -0.1) is 0 Å². The summed E-state index contributed by atoms with van der Waals surface area (Å²) in [6.07, 6.45) is 0.316. The van der Waals surface area contributed by atoms with Crippen molar-refractivity contribution in [1.29, 1.82) is 0 Å². The SMILES string of the molecule is CC.O=C(Nc1cc(F)c(F)c(F)c1)c1ccc(F)c(S(=O)(=O)NC2CCC(O)C2)c1. The van der Waals surface area contributed by atoms with Gasteiger partial charge in [0.1, 0.15) is 10.7 Å². The van der Waals surface area contributed by atoms with Crippen molar-refractivity contribution < 1.29 is 35.9 Å². The zero-order valence-corrected chi connectivity index (χ0v) is 17.6. The minimum atomic E-state index is -4.33. The lowest BCUT2D eigenvalue weighted by Gasteiger charge is -2.14. The molecule has 2 atom stereocenters. The molecule has 0 bridgehead atoms. The maximum atomic E-state index is 14.1. The van der Waals surface area contributed by atoms with Crippen LogP contribution in [-0.4, -0.2) is 31.6 Å². The second-order valence-electron chi connectivity index (χ2n) is 6.64. The average Bonchev–Trinajstić information content (AvgIpc) is 3.11. The Morgan fingerprint density at radius 3 is 2.16 bits per heavy atom. The summed E-state index contributed by atoms with van der Waals surface area (Å²) in [7, 11) is -4.33. The second-order valence-corrected chi connectivity index (χ2v) is 8.32. The largest absolute Gasteiger partial charge is 0.393 e. The Morgan fingerprint density at radius 1 is 1.00 bits per heavy atom. The summed E-state index contributed by atoms with van der Waals surface area (Å²) in [4.78, 5) is 11.5. The third-order valence-electron chi connectivity index (χ3n) is 4.45. The first-order valence-electron chi connectivity index (χ1n) is 9.52. The predicted molar refractivity (Wildman–Crippen MR) is 106 cm³/mol. The zero-order valence-electron chi connectivity index (χ0n) is 16.8. The first kappa shape index (κ1) is 24.8. The molecule has 1 saturated carbocycles. The number of rotatable bonds is 5. The zero-order chi connectivity index (χ0) is 23.3. The summed E-state index contributed by atoms with van der Waals surface area (Å²) in [5, 5.41) is 11.6. The fourth-order valence-corrected chi connectivity index (χ4v) is 4.42. The number of carbonyl (C=O) groups is 1. The van der Waals surface area contributed by atoms with Crippen LogP contribution in [-0.2, 0) is 10.0 Å². The summed E-state index contributed by atoms with van der Waals surface area (Å²) in [6.45, 7) is 4.00. The van der Waals surface area contributed by atoms with Crippen LogP contribution in [0.25, 0.3) is 0 Å². The smallest absolute Gasteiger partial charge is 0.255 e. The van der Waals surface area contributed by atoms with Crippen LogP contribution in [0, 0.1) is 23.3 Å². The van der Waals surface area contributed by atoms with Gasteiger partial charge in [0.2, 0.25) is 10.0 Å². The number of benzene rings is 2. The molecule has 0 aromatic heterocycles. The van der Waals surface area contributed by atoms with Crippen molar-refractivity contribution in [2.75, 3.05) is 5.32 Å². The predicted octanol–water partition coefficient (Wildman–Crippen LogP) is 3.71. The van der Waals surface area contributed by atoms with Crippen molar-refractivity contribution in [3.05, 3.63) is 59.2 Å². The number of aliphatic hydroxyl groups is 1. The standard InChI is InChI=1S/C18H16F4N2O4S.C2H6/c19-13-4-1-9(18(26)23-11-7-14(20)17(22)15(21)8-11)5-16(13)29(27,28)24-10-2-3-12(25)6-10;1-2/h1,4-5,7-8,10,12,24-25H,2-3,6H2,(H,23,26);1-2H3. The van der Waals surface area contributed by atoms with Crippen molar-refractivity contribution in [3.8, 4) is 0 Å². The molecule has 0 radical (unpaired) electrons. The minimum Gasteiger partial charge on any atom is -0.393 e. The van der Waals surface area contributed by atoms with Gasteiger partial charge in [-0.05, 0) is 37.5 Å². The Balaban J connectivity index is 0.00000166. The fraction of sp³-hybridized carbons (Fsp3) is 0.350. The van der Waals surface area contributed by atoms with Gasteiger partial charge < -0.3 is 10.4 Å². The van der Waals surface area contributed by atoms with E-state index in [0.717, 1.165) is 18.2 Å². The van der Waals surface area contributed by atoms with Gasteiger partial charge in [-0.2, -0.15) is 0 Å². The molecule has 0 spiro atoms. The lowest BCUT2D eigenvalue weighted by atomic mass is 10.2. The van der Waals surface area contributed by atoms with E-state index < -0.39 is 61.9 Å². The second kappa shape index (κ2) is 10.2. The first-order valence-corrected chi connectivity index (χ1v) is 11.0. The first-order chi connectivity index (χ1) is 14.6. The maximum absolute atomic E-state index is 14.1. The van der Waals surface area contributed by atoms with E-state index in [2.05, 4.69) is 10.0 Å². The van der Waals surface area contributed by atoms with Crippen molar-refractivity contribution in [2.24, 2.45) is 0 Å². The molecule has 1 fully saturated rings. The Kier molecular flexibility index (Phi) is 8.15. The molecule has 2 unspecified atom stereocenters. The van der Waals surface area contributed by atoms with Gasteiger partial charge in [-0.3, -0.25) is 4.79 Å². The van der Waals surface area contributed by atoms with Gasteiger partial charge in [0.25, 0.3) is 5.91 Å². The maximum Gasteiger partial charge on any atom is 0.255 e. The fourth-order valence-electron chi connectivity index (χ4n) is 3.03. The lowest BCUT2D eigenvalue weighted by molar-refractivity contribution is 0.102. The summed E-state index contributed by atoms with van der Waals surface area (Å²) >= 11 is 0. The molecule has 1 amide bonds. The molecular formula is C20H22F4N2O4S. The average molecular weight is 462 g/mol. The Morgan fingerprint density at radius 2 is 1.61 bits per heavy atom. The summed E-state index contributed by atoms with van der Waals surface area (Å²) in [6, 6.07) is 3.04. The van der Waals surface area contributed by atoms with E-state index in [1.54, 1.807) is 0 Å². The van der Waals surface area contributed by atoms with E-state index in [9.17, 15) is 35.9 Å². The molecule has 3 rings (SSSR count). The van der Waals surface area contributed by atoms with Gasteiger partial charge in [0, 0.05) is 29.4 Å². The quantitative estimate of drug-likeness (QED) is 0.466. The topological polar surface area (TPSA) is 95.5 Å². The number of hydrogen-bond donors (Lipinski definition) is 3. The Bertz CT molecular complexity index is 1040. The molecule has 1 aliphatic carbocycles. The monoisotopic (exact) mass is 462 g/mol. The van der Waals surface area contributed by atoms with E-state index >= 15 is 0 Å². The molecule has 170 valence electrons. The van der Waals surface area contributed by atoms with Gasteiger partial charge in [-0.25, -0.2) is 30.7 Å². The Hall–Kier alpha value is -2.50. The number of sulfonamides is 1. The van der Waals surface area contributed by atoms with Crippen molar-refractivity contribution in [3.63, 3.8) is 0 Å². The highest BCUT2D eigenvalue weighted by atomic mass is 32.2. The van der Waals surface area contributed by atoms with Crippen LogP contribution in [0.5, 0.6) is 0 Å².